The zero-order valence-corrected chi connectivity index (χ0v) is 25.5. The Kier molecular flexibility index (Phi) is 11.1. The van der Waals surface area contributed by atoms with Gasteiger partial charge in [-0.1, -0.05) is 54.8 Å². The van der Waals surface area contributed by atoms with Gasteiger partial charge in [0, 0.05) is 40.8 Å². The van der Waals surface area contributed by atoms with Crippen molar-refractivity contribution in [2.24, 2.45) is 11.8 Å². The van der Waals surface area contributed by atoms with E-state index in [1.807, 2.05) is 4.90 Å². The lowest BCUT2D eigenvalue weighted by molar-refractivity contribution is -0.385. The fraction of sp³-hybridized carbons (Fsp3) is 0.355. The first-order valence-electron chi connectivity index (χ1n) is 14.0. The van der Waals surface area contributed by atoms with Crippen molar-refractivity contribution in [2.45, 2.75) is 37.9 Å². The number of ether oxygens (including phenoxy) is 1. The highest BCUT2D eigenvalue weighted by Crippen LogP contribution is 2.39. The monoisotopic (exact) mass is 646 g/mol. The molecule has 13 heteroatoms. The number of fused-ring (bicyclic) bond motifs is 1. The molecule has 1 aliphatic heterocycles. The molecule has 0 spiro atoms. The van der Waals surface area contributed by atoms with E-state index in [1.54, 1.807) is 18.2 Å². The van der Waals surface area contributed by atoms with E-state index in [-0.39, 0.29) is 28.4 Å². The molecule has 1 saturated carbocycles. The van der Waals surface area contributed by atoms with Crippen LogP contribution in [-0.4, -0.2) is 54.3 Å². The lowest BCUT2D eigenvalue weighted by Crippen LogP contribution is -2.59. The van der Waals surface area contributed by atoms with Crippen LogP contribution in [0.4, 0.5) is 21.5 Å². The molecule has 1 amide bonds. The number of hydrogen-bond donors (Lipinski definition) is 3. The first-order valence-corrected chi connectivity index (χ1v) is 14.7. The van der Waals surface area contributed by atoms with E-state index in [0.29, 0.717) is 28.9 Å². The summed E-state index contributed by atoms with van der Waals surface area (Å²) in [6.45, 7) is 3.37. The predicted octanol–water partition coefficient (Wildman–Crippen LogP) is 5.89. The van der Waals surface area contributed by atoms with Crippen molar-refractivity contribution in [1.82, 2.24) is 5.32 Å². The minimum atomic E-state index is -1.48. The summed E-state index contributed by atoms with van der Waals surface area (Å²) >= 11 is 12.1. The van der Waals surface area contributed by atoms with E-state index in [9.17, 15) is 24.8 Å². The van der Waals surface area contributed by atoms with Gasteiger partial charge in [-0.25, -0.2) is 9.18 Å². The number of esters is 1. The number of rotatable bonds is 12. The van der Waals surface area contributed by atoms with Crippen LogP contribution in [0.3, 0.4) is 0 Å². The molecule has 1 heterocycles. The minimum Gasteiger partial charge on any atom is -0.465 e. The molecule has 4 rings (SSSR count). The Morgan fingerprint density at radius 2 is 2.07 bits per heavy atom. The Hall–Kier alpha value is -3.77. The topological polar surface area (TPSA) is 134 Å². The predicted molar refractivity (Wildman–Crippen MR) is 168 cm³/mol. The quantitative estimate of drug-likeness (QED) is 0.112. The Labute approximate surface area is 264 Å². The highest BCUT2D eigenvalue weighted by atomic mass is 35.5. The van der Waals surface area contributed by atoms with Gasteiger partial charge >= 0.3 is 5.97 Å². The van der Waals surface area contributed by atoms with Gasteiger partial charge in [-0.3, -0.25) is 14.9 Å². The molecule has 2 aliphatic rings. The number of nitrogens with zero attached hydrogens (tertiary/aromatic N) is 2. The van der Waals surface area contributed by atoms with Crippen LogP contribution in [0.5, 0.6) is 0 Å². The van der Waals surface area contributed by atoms with Crippen molar-refractivity contribution in [2.75, 3.05) is 30.5 Å². The molecule has 10 nitrogen and oxygen atoms in total. The maximum atomic E-state index is 16.0. The number of methoxy groups -OCH3 is 1. The third-order valence-corrected chi connectivity index (χ3v) is 8.07. The molecule has 1 fully saturated rings. The fourth-order valence-electron chi connectivity index (χ4n) is 5.31. The van der Waals surface area contributed by atoms with Crippen LogP contribution in [0, 0.1) is 22.0 Å². The molecule has 0 radical (unpaired) electrons. The average molecular weight is 648 g/mol. The second kappa shape index (κ2) is 14.8. The maximum absolute atomic E-state index is 16.0. The lowest BCUT2D eigenvalue weighted by atomic mass is 9.87. The van der Waals surface area contributed by atoms with E-state index < -0.39 is 47.2 Å². The Balaban J connectivity index is 1.80. The summed E-state index contributed by atoms with van der Waals surface area (Å²) in [6.07, 6.45) is 6.75. The summed E-state index contributed by atoms with van der Waals surface area (Å²) < 4.78 is 20.7. The SMILES string of the molecule is C=C(Cl)/C=C\C=C(/F)[C@H]1C(=O)Nc2cc(Cl)ccc2N(CCC2CC2)[C@H](CO)[C@@H]1NCc1ccc(C(=O)OC)cc1[N+](=O)[O-]. The van der Waals surface area contributed by atoms with Crippen molar-refractivity contribution < 1.29 is 28.7 Å². The normalized spacial score (nSPS) is 20.5. The van der Waals surface area contributed by atoms with E-state index in [0.717, 1.165) is 31.4 Å². The Morgan fingerprint density at radius 3 is 2.70 bits per heavy atom. The van der Waals surface area contributed by atoms with Gasteiger partial charge in [-0.2, -0.15) is 0 Å². The highest BCUT2D eigenvalue weighted by molar-refractivity contribution is 6.31. The van der Waals surface area contributed by atoms with Gasteiger partial charge in [-0.15, -0.1) is 0 Å². The number of hydrogen-bond acceptors (Lipinski definition) is 8. The molecule has 0 unspecified atom stereocenters. The molecule has 2 aromatic rings. The summed E-state index contributed by atoms with van der Waals surface area (Å²) in [6, 6.07) is 6.94. The number of anilines is 2. The average Bonchev–Trinajstić information content (AvgIpc) is 3.81. The number of nitrogens with one attached hydrogen (secondary N) is 2. The van der Waals surface area contributed by atoms with Crippen molar-refractivity contribution in [3.05, 3.63) is 98.3 Å². The first-order chi connectivity index (χ1) is 21.0. The number of aliphatic hydroxyl groups is 1. The van der Waals surface area contributed by atoms with E-state index in [1.165, 1.54) is 31.4 Å². The number of allylic oxidation sites excluding steroid dienone is 4. The van der Waals surface area contributed by atoms with Gasteiger partial charge in [0.15, 0.2) is 0 Å². The molecule has 0 bridgehead atoms. The Morgan fingerprint density at radius 1 is 1.32 bits per heavy atom. The number of aliphatic hydroxyl groups excluding tert-OH is 1. The maximum Gasteiger partial charge on any atom is 0.338 e. The molecule has 44 heavy (non-hydrogen) atoms. The second-order valence-corrected chi connectivity index (χ2v) is 11.6. The highest BCUT2D eigenvalue weighted by Gasteiger charge is 2.42. The van der Waals surface area contributed by atoms with Crippen molar-refractivity contribution >= 4 is 52.1 Å². The minimum absolute atomic E-state index is 0.0115. The van der Waals surface area contributed by atoms with Gasteiger partial charge in [0.2, 0.25) is 5.91 Å². The molecule has 234 valence electrons. The summed E-state index contributed by atoms with van der Waals surface area (Å²) in [5.41, 5.74) is 0.774. The zero-order chi connectivity index (χ0) is 32.0. The zero-order valence-electron chi connectivity index (χ0n) is 24.0. The van der Waals surface area contributed by atoms with Crippen molar-refractivity contribution in [3.63, 3.8) is 0 Å². The fourth-order valence-corrected chi connectivity index (χ4v) is 5.55. The smallest absolute Gasteiger partial charge is 0.338 e. The van der Waals surface area contributed by atoms with E-state index >= 15 is 4.39 Å². The molecule has 2 aromatic carbocycles. The molecule has 1 aliphatic carbocycles. The molecular formula is C31H33Cl2FN4O6. The third kappa shape index (κ3) is 8.03. The number of nitro groups is 1. The standard InChI is InChI=1S/C31H33Cl2FN4O6/c1-18(32)4-3-5-23(34)28-29(35-16-21-9-8-20(31(41)44-2)14-26(21)38(42)43)27(17-39)37(13-12-19-6-7-19)25-11-10-22(33)15-24(25)36-30(28)40/h3-5,8-11,14-15,19,27-29,35,39H,1,6-7,12-13,16-17H2,2H3,(H,36,40)/b4-3-,23-5-/t27-,28-,29+/m1/s1. The molecule has 3 N–H and O–H groups in total. The number of amides is 1. The second-order valence-electron chi connectivity index (χ2n) is 10.7. The van der Waals surface area contributed by atoms with Crippen molar-refractivity contribution in [3.8, 4) is 0 Å². The van der Waals surface area contributed by atoms with Gasteiger partial charge in [-0.05, 0) is 48.8 Å². The molecule has 0 saturated heterocycles. The van der Waals surface area contributed by atoms with Crippen LogP contribution in [0.25, 0.3) is 0 Å². The van der Waals surface area contributed by atoms with Gasteiger partial charge < -0.3 is 25.4 Å². The summed E-state index contributed by atoms with van der Waals surface area (Å²) in [5, 5.41) is 29.2. The van der Waals surface area contributed by atoms with Crippen LogP contribution in [0.2, 0.25) is 5.02 Å². The van der Waals surface area contributed by atoms with Crippen molar-refractivity contribution in [1.29, 1.82) is 0 Å². The van der Waals surface area contributed by atoms with Crippen LogP contribution in [-0.2, 0) is 16.1 Å². The summed E-state index contributed by atoms with van der Waals surface area (Å²) in [7, 11) is 1.17. The van der Waals surface area contributed by atoms with E-state index in [2.05, 4.69) is 21.9 Å². The summed E-state index contributed by atoms with van der Waals surface area (Å²) in [5.74, 6) is -3.25. The molecular weight excluding hydrogens is 614 g/mol. The van der Waals surface area contributed by atoms with Gasteiger partial charge in [0.1, 0.15) is 11.7 Å². The van der Waals surface area contributed by atoms with E-state index in [4.69, 9.17) is 23.2 Å². The number of carbonyl (C=O) groups is 2. The third-order valence-electron chi connectivity index (χ3n) is 7.71. The summed E-state index contributed by atoms with van der Waals surface area (Å²) in [4.78, 5) is 39.0. The van der Waals surface area contributed by atoms with Gasteiger partial charge in [0.25, 0.3) is 5.69 Å². The molecule has 0 aromatic heterocycles. The lowest BCUT2D eigenvalue weighted by Gasteiger charge is -2.43. The largest absolute Gasteiger partial charge is 0.465 e. The van der Waals surface area contributed by atoms with Crippen LogP contribution < -0.4 is 15.5 Å². The first kappa shape index (κ1) is 33.1. The number of nitro benzene ring substituents is 1. The van der Waals surface area contributed by atoms with Crippen LogP contribution >= 0.6 is 23.2 Å². The number of halogens is 3. The molecule has 3 atom stereocenters. The number of benzene rings is 2. The Bertz CT molecular complexity index is 1500. The van der Waals surface area contributed by atoms with Gasteiger partial charge in [0.05, 0.1) is 41.6 Å². The van der Waals surface area contributed by atoms with Crippen LogP contribution in [0.1, 0.15) is 35.2 Å². The van der Waals surface area contributed by atoms with Crippen LogP contribution in [0.15, 0.2) is 72.1 Å². The number of carbonyl (C=O) groups excluding carboxylic acids is 2.